The molecule has 4 heteroatoms. The molecule has 1 aromatic rings. The van der Waals surface area contributed by atoms with Crippen molar-refractivity contribution < 1.29 is 13.9 Å². The highest BCUT2D eigenvalue weighted by molar-refractivity contribution is 6.38. The van der Waals surface area contributed by atoms with Crippen LogP contribution in [0.2, 0.25) is 0 Å². The Bertz CT molecular complexity index is 401. The minimum Gasteiger partial charge on any atom is -0.497 e. The summed E-state index contributed by atoms with van der Waals surface area (Å²) in [4.78, 5) is 11.4. The van der Waals surface area contributed by atoms with Gasteiger partial charge < -0.3 is 4.74 Å². The number of carbonyl (C=O) groups excluding carboxylic acids is 1. The Morgan fingerprint density at radius 1 is 1.57 bits per heavy atom. The molecule has 14 heavy (non-hydrogen) atoms. The molecule has 0 amide bonds. The number of fused-ring (bicyclic) bond motifs is 1. The van der Waals surface area contributed by atoms with Gasteiger partial charge in [-0.1, -0.05) is 17.7 Å². The summed E-state index contributed by atoms with van der Waals surface area (Å²) in [6.45, 7) is 0. The van der Waals surface area contributed by atoms with Gasteiger partial charge in [-0.15, -0.1) is 0 Å². The van der Waals surface area contributed by atoms with Gasteiger partial charge in [-0.05, 0) is 17.7 Å². The standard InChI is InChI=1S/C10H8ClFO2/c1-14-7-3-2-6-5-10(11,12)9(13)8(6)4-7/h2-4H,5H2,1H3. The highest BCUT2D eigenvalue weighted by atomic mass is 35.5. The molecule has 1 atom stereocenters. The van der Waals surface area contributed by atoms with Gasteiger partial charge in [0.15, 0.2) is 0 Å². The molecule has 74 valence electrons. The zero-order valence-electron chi connectivity index (χ0n) is 7.51. The van der Waals surface area contributed by atoms with Gasteiger partial charge in [-0.3, -0.25) is 4.79 Å². The Balaban J connectivity index is 2.51. The molecule has 0 N–H and O–H groups in total. The van der Waals surface area contributed by atoms with Crippen molar-refractivity contribution >= 4 is 17.4 Å². The van der Waals surface area contributed by atoms with Crippen LogP contribution < -0.4 is 4.74 Å². The van der Waals surface area contributed by atoms with Crippen molar-refractivity contribution in [2.45, 2.75) is 11.5 Å². The van der Waals surface area contributed by atoms with E-state index in [0.717, 1.165) is 0 Å². The molecule has 1 aromatic carbocycles. The van der Waals surface area contributed by atoms with Crippen LogP contribution in [0.3, 0.4) is 0 Å². The fourth-order valence-electron chi connectivity index (χ4n) is 1.56. The maximum Gasteiger partial charge on any atom is 0.249 e. The number of alkyl halides is 2. The number of halogens is 2. The van der Waals surface area contributed by atoms with Crippen molar-refractivity contribution in [1.82, 2.24) is 0 Å². The number of benzene rings is 1. The lowest BCUT2D eigenvalue weighted by atomic mass is 10.1. The number of hydrogen-bond acceptors (Lipinski definition) is 2. The lowest BCUT2D eigenvalue weighted by Gasteiger charge is -2.04. The van der Waals surface area contributed by atoms with E-state index in [1.807, 2.05) is 0 Å². The van der Waals surface area contributed by atoms with Gasteiger partial charge in [-0.25, -0.2) is 4.39 Å². The summed E-state index contributed by atoms with van der Waals surface area (Å²) >= 11 is 5.42. The van der Waals surface area contributed by atoms with E-state index in [9.17, 15) is 9.18 Å². The van der Waals surface area contributed by atoms with E-state index in [1.54, 1.807) is 12.1 Å². The van der Waals surface area contributed by atoms with Gasteiger partial charge in [0.25, 0.3) is 0 Å². The first-order chi connectivity index (χ1) is 6.54. The van der Waals surface area contributed by atoms with Crippen LogP contribution in [0.4, 0.5) is 4.39 Å². The normalized spacial score (nSPS) is 24.9. The van der Waals surface area contributed by atoms with Crippen LogP contribution in [0.1, 0.15) is 15.9 Å². The quantitative estimate of drug-likeness (QED) is 0.671. The van der Waals surface area contributed by atoms with Crippen molar-refractivity contribution in [1.29, 1.82) is 0 Å². The smallest absolute Gasteiger partial charge is 0.249 e. The number of ether oxygens (including phenoxy) is 1. The lowest BCUT2D eigenvalue weighted by Crippen LogP contribution is -2.22. The van der Waals surface area contributed by atoms with E-state index in [1.165, 1.54) is 13.2 Å². The Morgan fingerprint density at radius 3 is 2.93 bits per heavy atom. The summed E-state index contributed by atoms with van der Waals surface area (Å²) in [6.07, 6.45) is -0.0628. The number of carbonyl (C=O) groups is 1. The number of rotatable bonds is 1. The third-order valence-corrected chi connectivity index (χ3v) is 2.61. The van der Waals surface area contributed by atoms with Crippen LogP contribution in [-0.4, -0.2) is 18.0 Å². The number of ketones is 1. The summed E-state index contributed by atoms with van der Waals surface area (Å²) in [5.41, 5.74) is 0.954. The third-order valence-electron chi connectivity index (χ3n) is 2.31. The van der Waals surface area contributed by atoms with Gasteiger partial charge in [0.1, 0.15) is 5.75 Å². The summed E-state index contributed by atoms with van der Waals surface area (Å²) in [5.74, 6) is -0.139. The number of Topliss-reactive ketones (excluding diaryl/α,β-unsaturated/α-hetero) is 1. The Kier molecular flexibility index (Phi) is 2.00. The summed E-state index contributed by atoms with van der Waals surface area (Å²) in [6, 6.07) is 4.86. The minimum atomic E-state index is -2.27. The molecule has 0 aliphatic heterocycles. The van der Waals surface area contributed by atoms with Crippen LogP contribution in [0, 0.1) is 0 Å². The van der Waals surface area contributed by atoms with Crippen LogP contribution in [0.5, 0.6) is 5.75 Å². The van der Waals surface area contributed by atoms with Crippen molar-refractivity contribution in [3.05, 3.63) is 29.3 Å². The first-order valence-corrected chi connectivity index (χ1v) is 4.52. The highest BCUT2D eigenvalue weighted by Crippen LogP contribution is 2.37. The monoisotopic (exact) mass is 214 g/mol. The zero-order chi connectivity index (χ0) is 10.3. The van der Waals surface area contributed by atoms with E-state index >= 15 is 0 Å². The largest absolute Gasteiger partial charge is 0.497 e. The third kappa shape index (κ3) is 1.28. The number of hydrogen-bond donors (Lipinski definition) is 0. The summed E-state index contributed by atoms with van der Waals surface area (Å²) < 4.78 is 18.3. The van der Waals surface area contributed by atoms with Crippen molar-refractivity contribution in [2.75, 3.05) is 7.11 Å². The average Bonchev–Trinajstić information content (AvgIpc) is 2.38. The van der Waals surface area contributed by atoms with E-state index < -0.39 is 10.9 Å². The van der Waals surface area contributed by atoms with Crippen LogP contribution in [0.25, 0.3) is 0 Å². The zero-order valence-corrected chi connectivity index (χ0v) is 8.27. The SMILES string of the molecule is COc1ccc2c(c1)C(=O)C(F)(Cl)C2. The van der Waals surface area contributed by atoms with Gasteiger partial charge in [-0.2, -0.15) is 0 Å². The molecule has 0 radical (unpaired) electrons. The van der Waals surface area contributed by atoms with Gasteiger partial charge in [0.05, 0.1) is 7.11 Å². The maximum atomic E-state index is 13.4. The fourth-order valence-corrected chi connectivity index (χ4v) is 1.81. The second kappa shape index (κ2) is 2.95. The van der Waals surface area contributed by atoms with Crippen LogP contribution in [0.15, 0.2) is 18.2 Å². The Labute approximate surface area is 85.6 Å². The molecule has 1 aliphatic carbocycles. The second-order valence-corrected chi connectivity index (χ2v) is 3.83. The van der Waals surface area contributed by atoms with E-state index in [4.69, 9.17) is 16.3 Å². The number of methoxy groups -OCH3 is 1. The van der Waals surface area contributed by atoms with Crippen molar-refractivity contribution in [3.63, 3.8) is 0 Å². The van der Waals surface area contributed by atoms with Gasteiger partial charge in [0.2, 0.25) is 10.9 Å². The van der Waals surface area contributed by atoms with Gasteiger partial charge in [0, 0.05) is 12.0 Å². The fraction of sp³-hybridized carbons (Fsp3) is 0.300. The second-order valence-electron chi connectivity index (χ2n) is 3.23. The Morgan fingerprint density at radius 2 is 2.29 bits per heavy atom. The molecular weight excluding hydrogens is 207 g/mol. The van der Waals surface area contributed by atoms with Crippen molar-refractivity contribution in [2.24, 2.45) is 0 Å². The first kappa shape index (κ1) is 9.46. The molecule has 2 rings (SSSR count). The topological polar surface area (TPSA) is 26.3 Å². The first-order valence-electron chi connectivity index (χ1n) is 4.14. The van der Waals surface area contributed by atoms with Crippen molar-refractivity contribution in [3.8, 4) is 5.75 Å². The molecule has 0 spiro atoms. The molecule has 0 bridgehead atoms. The van der Waals surface area contributed by atoms with E-state index in [2.05, 4.69) is 0 Å². The molecule has 0 saturated heterocycles. The van der Waals surface area contributed by atoms with Crippen LogP contribution in [-0.2, 0) is 6.42 Å². The lowest BCUT2D eigenvalue weighted by molar-refractivity contribution is 0.0855. The van der Waals surface area contributed by atoms with Crippen LogP contribution >= 0.6 is 11.6 Å². The molecule has 0 saturated carbocycles. The summed E-state index contributed by atoms with van der Waals surface area (Å²) in [5, 5.41) is -2.27. The minimum absolute atomic E-state index is 0.0628. The molecular formula is C10H8ClFO2. The van der Waals surface area contributed by atoms with E-state index in [-0.39, 0.29) is 6.42 Å². The molecule has 1 unspecified atom stereocenters. The highest BCUT2D eigenvalue weighted by Gasteiger charge is 2.44. The molecule has 1 aliphatic rings. The molecule has 2 nitrogen and oxygen atoms in total. The van der Waals surface area contributed by atoms with E-state index in [0.29, 0.717) is 16.9 Å². The predicted octanol–water partition coefficient (Wildman–Crippen LogP) is 2.34. The molecule has 0 heterocycles. The Hall–Kier alpha value is -1.09. The molecule has 0 fully saturated rings. The average molecular weight is 215 g/mol. The summed E-state index contributed by atoms with van der Waals surface area (Å²) in [7, 11) is 1.49. The van der Waals surface area contributed by atoms with Gasteiger partial charge >= 0.3 is 0 Å². The molecule has 0 aromatic heterocycles. The predicted molar refractivity (Wildman–Crippen MR) is 50.7 cm³/mol. The maximum absolute atomic E-state index is 13.4.